The number of nitrogens with zero attached hydrogens (tertiary/aromatic N) is 2. The van der Waals surface area contributed by atoms with Crippen LogP contribution in [-0.4, -0.2) is 42.5 Å². The van der Waals surface area contributed by atoms with E-state index < -0.39 is 0 Å². The molecule has 1 aliphatic carbocycles. The number of aromatic nitrogens is 1. The molecule has 154 valence electrons. The predicted molar refractivity (Wildman–Crippen MR) is 113 cm³/mol. The fraction of sp³-hybridized carbons (Fsp3) is 0.409. The number of benzene rings is 1. The minimum Gasteiger partial charge on any atom is -0.489 e. The van der Waals surface area contributed by atoms with Crippen LogP contribution in [0.1, 0.15) is 42.5 Å². The van der Waals surface area contributed by atoms with Gasteiger partial charge in [0, 0.05) is 31.5 Å². The summed E-state index contributed by atoms with van der Waals surface area (Å²) in [6.45, 7) is 0.640. The molecule has 0 atom stereocenters. The van der Waals surface area contributed by atoms with Gasteiger partial charge in [-0.1, -0.05) is 25.3 Å². The van der Waals surface area contributed by atoms with Crippen molar-refractivity contribution in [1.29, 1.82) is 0 Å². The van der Waals surface area contributed by atoms with Gasteiger partial charge in [0.15, 0.2) is 11.6 Å². The summed E-state index contributed by atoms with van der Waals surface area (Å²) in [4.78, 5) is 30.2. The van der Waals surface area contributed by atoms with Crippen molar-refractivity contribution in [1.82, 2.24) is 9.88 Å². The first-order valence-electron chi connectivity index (χ1n) is 10.0. The monoisotopic (exact) mass is 396 g/mol. The third-order valence-corrected chi connectivity index (χ3v) is 4.98. The zero-order valence-electron chi connectivity index (χ0n) is 17.0. The van der Waals surface area contributed by atoms with E-state index in [0.29, 0.717) is 35.3 Å². The molecule has 1 fully saturated rings. The third-order valence-electron chi connectivity index (χ3n) is 4.98. The first-order chi connectivity index (χ1) is 14.0. The van der Waals surface area contributed by atoms with Crippen LogP contribution in [0.3, 0.4) is 0 Å². The lowest BCUT2D eigenvalue weighted by Gasteiger charge is -2.22. The van der Waals surface area contributed by atoms with Crippen LogP contribution in [0.2, 0.25) is 0 Å². The van der Waals surface area contributed by atoms with E-state index in [1.165, 1.54) is 37.0 Å². The Bertz CT molecular complexity index is 847. The Balaban J connectivity index is 1.65. The van der Waals surface area contributed by atoms with Gasteiger partial charge in [0.2, 0.25) is 0 Å². The van der Waals surface area contributed by atoms with Crippen LogP contribution in [0.15, 0.2) is 42.6 Å². The lowest BCUT2D eigenvalue weighted by Crippen LogP contribution is -2.27. The van der Waals surface area contributed by atoms with Crippen molar-refractivity contribution in [2.75, 3.05) is 31.3 Å². The number of ether oxygens (including phenoxy) is 1. The van der Waals surface area contributed by atoms with E-state index in [1.54, 1.807) is 50.6 Å². The molecule has 7 heteroatoms. The maximum atomic E-state index is 12.7. The Morgan fingerprint density at radius 2 is 1.90 bits per heavy atom. The van der Waals surface area contributed by atoms with Gasteiger partial charge in [-0.05, 0) is 49.1 Å². The van der Waals surface area contributed by atoms with Gasteiger partial charge in [0.25, 0.3) is 5.91 Å². The number of pyridine rings is 1. The highest BCUT2D eigenvalue weighted by atomic mass is 16.5. The second-order valence-corrected chi connectivity index (χ2v) is 7.52. The van der Waals surface area contributed by atoms with Gasteiger partial charge in [-0.2, -0.15) is 0 Å². The summed E-state index contributed by atoms with van der Waals surface area (Å²) in [6.07, 6.45) is 7.81. The zero-order chi connectivity index (χ0) is 20.6. The van der Waals surface area contributed by atoms with Gasteiger partial charge in [0.05, 0.1) is 6.61 Å². The molecule has 3 rings (SSSR count). The summed E-state index contributed by atoms with van der Waals surface area (Å²) in [5.41, 5.74) is 0.969. The fourth-order valence-corrected chi connectivity index (χ4v) is 3.32. The van der Waals surface area contributed by atoms with Crippen LogP contribution in [0.5, 0.6) is 5.75 Å². The first-order valence-corrected chi connectivity index (χ1v) is 10.0. The number of carbonyl (C=O) groups is 2. The van der Waals surface area contributed by atoms with E-state index in [1.807, 2.05) is 6.07 Å². The molecule has 0 spiro atoms. The zero-order valence-corrected chi connectivity index (χ0v) is 17.0. The summed E-state index contributed by atoms with van der Waals surface area (Å²) >= 11 is 0. The molecular formula is C22H28N4O3. The average Bonchev–Trinajstić information content (AvgIpc) is 2.74. The number of urea groups is 1. The van der Waals surface area contributed by atoms with Crippen molar-refractivity contribution in [2.45, 2.75) is 32.1 Å². The Morgan fingerprint density at radius 1 is 1.10 bits per heavy atom. The van der Waals surface area contributed by atoms with Crippen LogP contribution in [0, 0.1) is 5.92 Å². The second kappa shape index (κ2) is 9.91. The molecule has 0 bridgehead atoms. The van der Waals surface area contributed by atoms with Crippen molar-refractivity contribution >= 4 is 23.4 Å². The molecule has 2 aromatic rings. The number of rotatable bonds is 6. The number of carbonyl (C=O) groups excluding carboxylic acids is 2. The van der Waals surface area contributed by atoms with Gasteiger partial charge < -0.3 is 20.3 Å². The summed E-state index contributed by atoms with van der Waals surface area (Å²) < 4.78 is 5.98. The highest BCUT2D eigenvalue weighted by Crippen LogP contribution is 2.27. The Hall–Kier alpha value is -3.09. The minimum atomic E-state index is -0.313. The van der Waals surface area contributed by atoms with Gasteiger partial charge >= 0.3 is 6.03 Å². The lowest BCUT2D eigenvalue weighted by molar-refractivity contribution is 0.102. The van der Waals surface area contributed by atoms with Gasteiger partial charge in [-0.15, -0.1) is 0 Å². The van der Waals surface area contributed by atoms with E-state index >= 15 is 0 Å². The number of amides is 3. The molecule has 1 saturated carbocycles. The van der Waals surface area contributed by atoms with Crippen LogP contribution >= 0.6 is 0 Å². The molecule has 0 radical (unpaired) electrons. The van der Waals surface area contributed by atoms with E-state index in [-0.39, 0.29) is 11.9 Å². The Morgan fingerprint density at radius 3 is 2.66 bits per heavy atom. The number of nitrogens with one attached hydrogen (secondary N) is 2. The van der Waals surface area contributed by atoms with E-state index in [4.69, 9.17) is 4.74 Å². The highest BCUT2D eigenvalue weighted by Gasteiger charge is 2.16. The molecule has 3 amide bonds. The standard InChI is InChI=1S/C22H28N4O3/c1-26(2)22(28)24-18-11-6-10-17(14-18)21(27)25-20-19(12-7-13-23-20)29-15-16-8-4-3-5-9-16/h6-7,10-14,16H,3-5,8-9,15H2,1-2H3,(H,24,28)(H,23,25,27). The SMILES string of the molecule is CN(C)C(=O)Nc1cccc(C(=O)Nc2ncccc2OCC2CCCCC2)c1. The number of hydrogen-bond acceptors (Lipinski definition) is 4. The number of anilines is 2. The maximum absolute atomic E-state index is 12.7. The molecule has 7 nitrogen and oxygen atoms in total. The van der Waals surface area contributed by atoms with Crippen LogP contribution < -0.4 is 15.4 Å². The number of hydrogen-bond donors (Lipinski definition) is 2. The van der Waals surface area contributed by atoms with E-state index in [2.05, 4.69) is 15.6 Å². The summed E-state index contributed by atoms with van der Waals surface area (Å²) in [5, 5.41) is 5.55. The largest absolute Gasteiger partial charge is 0.489 e. The molecule has 0 aliphatic heterocycles. The first kappa shape index (κ1) is 20.6. The topological polar surface area (TPSA) is 83.6 Å². The molecule has 1 aromatic heterocycles. The summed E-state index contributed by atoms with van der Waals surface area (Å²) in [5.74, 6) is 1.22. The van der Waals surface area contributed by atoms with Crippen LogP contribution in [0.25, 0.3) is 0 Å². The fourth-order valence-electron chi connectivity index (χ4n) is 3.32. The van der Waals surface area contributed by atoms with Gasteiger partial charge in [-0.3, -0.25) is 4.79 Å². The molecular weight excluding hydrogens is 368 g/mol. The lowest BCUT2D eigenvalue weighted by atomic mass is 9.90. The molecule has 1 aliphatic rings. The van der Waals surface area contributed by atoms with Crippen LogP contribution in [0.4, 0.5) is 16.3 Å². The third kappa shape index (κ3) is 5.94. The van der Waals surface area contributed by atoms with Crippen LogP contribution in [-0.2, 0) is 0 Å². The van der Waals surface area contributed by atoms with Crippen molar-refractivity contribution < 1.29 is 14.3 Å². The maximum Gasteiger partial charge on any atom is 0.321 e. The predicted octanol–water partition coefficient (Wildman–Crippen LogP) is 4.39. The normalized spacial score (nSPS) is 14.1. The summed E-state index contributed by atoms with van der Waals surface area (Å²) in [6, 6.07) is 10.1. The van der Waals surface area contributed by atoms with Gasteiger partial charge in [0.1, 0.15) is 0 Å². The van der Waals surface area contributed by atoms with E-state index in [0.717, 1.165) is 0 Å². The smallest absolute Gasteiger partial charge is 0.321 e. The molecule has 0 saturated heterocycles. The minimum absolute atomic E-state index is 0.259. The molecule has 2 N–H and O–H groups in total. The quantitative estimate of drug-likeness (QED) is 0.759. The Labute approximate surface area is 171 Å². The van der Waals surface area contributed by atoms with E-state index in [9.17, 15) is 9.59 Å². The van der Waals surface area contributed by atoms with Crippen molar-refractivity contribution in [3.05, 3.63) is 48.2 Å². The molecule has 1 aromatic carbocycles. The Kier molecular flexibility index (Phi) is 7.05. The molecule has 1 heterocycles. The molecule has 0 unspecified atom stereocenters. The van der Waals surface area contributed by atoms with Gasteiger partial charge in [-0.25, -0.2) is 9.78 Å². The van der Waals surface area contributed by atoms with Crippen molar-refractivity contribution in [2.24, 2.45) is 5.92 Å². The van der Waals surface area contributed by atoms with Crippen molar-refractivity contribution in [3.8, 4) is 5.75 Å². The second-order valence-electron chi connectivity index (χ2n) is 7.52. The molecule has 29 heavy (non-hydrogen) atoms. The average molecular weight is 396 g/mol. The highest BCUT2D eigenvalue weighted by molar-refractivity contribution is 6.05. The van der Waals surface area contributed by atoms with Crippen molar-refractivity contribution in [3.63, 3.8) is 0 Å². The summed E-state index contributed by atoms with van der Waals surface area (Å²) in [7, 11) is 3.31.